The Hall–Kier alpha value is -3.55. The third-order valence-electron chi connectivity index (χ3n) is 4.57. The molecule has 0 bridgehead atoms. The van der Waals surface area contributed by atoms with Gasteiger partial charge in [0.05, 0.1) is 24.6 Å². The fourth-order valence-corrected chi connectivity index (χ4v) is 3.35. The summed E-state index contributed by atoms with van der Waals surface area (Å²) in [7, 11) is 0. The Balaban J connectivity index is 1.29. The molecular weight excluding hydrogens is 426 g/mol. The van der Waals surface area contributed by atoms with Crippen LogP contribution in [0.25, 0.3) is 11.2 Å². The number of nitriles is 1. The van der Waals surface area contributed by atoms with Crippen molar-refractivity contribution >= 4 is 34.7 Å². The van der Waals surface area contributed by atoms with Gasteiger partial charge in [0, 0.05) is 6.42 Å². The molecule has 1 fully saturated rings. The van der Waals surface area contributed by atoms with Gasteiger partial charge in [-0.05, 0) is 12.1 Å². The molecule has 0 spiro atoms. The highest BCUT2D eigenvalue weighted by molar-refractivity contribution is 6.33. The molecule has 158 valence electrons. The van der Waals surface area contributed by atoms with Gasteiger partial charge in [-0.1, -0.05) is 29.8 Å². The summed E-state index contributed by atoms with van der Waals surface area (Å²) in [5.74, 6) is -1.08. The number of benzene rings is 1. The van der Waals surface area contributed by atoms with E-state index >= 15 is 0 Å². The first-order chi connectivity index (χ1) is 15.0. The molecule has 0 amide bonds. The van der Waals surface area contributed by atoms with E-state index in [9.17, 15) is 9.59 Å². The van der Waals surface area contributed by atoms with Crippen LogP contribution in [-0.2, 0) is 25.5 Å². The van der Waals surface area contributed by atoms with Gasteiger partial charge >= 0.3 is 11.9 Å². The maximum atomic E-state index is 12.4. The van der Waals surface area contributed by atoms with Crippen LogP contribution in [0.1, 0.15) is 22.6 Å². The number of ether oxygens (including phenoxy) is 3. The molecule has 3 heterocycles. The highest BCUT2D eigenvalue weighted by Gasteiger charge is 2.30. The van der Waals surface area contributed by atoms with Gasteiger partial charge in [0.15, 0.2) is 10.8 Å². The number of aromatic nitrogens is 4. The molecule has 0 saturated carbocycles. The number of carbonyl (C=O) groups excluding carboxylic acids is 2. The summed E-state index contributed by atoms with van der Waals surface area (Å²) in [5, 5.41) is 9.02. The smallest absolute Gasteiger partial charge is 0.338 e. The number of rotatable bonds is 6. The van der Waals surface area contributed by atoms with Crippen LogP contribution in [0.5, 0.6) is 0 Å². The molecule has 11 heteroatoms. The maximum Gasteiger partial charge on any atom is 0.338 e. The van der Waals surface area contributed by atoms with Crippen LogP contribution >= 0.6 is 11.6 Å². The zero-order valence-electron chi connectivity index (χ0n) is 16.1. The Bertz CT molecular complexity index is 1160. The second kappa shape index (κ2) is 9.07. The molecule has 2 aromatic heterocycles. The molecule has 10 nitrogen and oxygen atoms in total. The van der Waals surface area contributed by atoms with Crippen molar-refractivity contribution in [1.29, 1.82) is 5.26 Å². The number of imidazole rings is 1. The molecule has 1 aliphatic heterocycles. The summed E-state index contributed by atoms with van der Waals surface area (Å²) < 4.78 is 17.7. The Kier molecular flexibility index (Phi) is 6.06. The molecule has 31 heavy (non-hydrogen) atoms. The SMILES string of the molecule is N#Cc1nc(Cl)c2ncn(CC(=O)O[C@H]3CO[C@H](COC(=O)c4ccccc4)C3)c2n1. The lowest BCUT2D eigenvalue weighted by Gasteiger charge is -2.12. The number of hydrogen-bond acceptors (Lipinski definition) is 9. The molecule has 2 atom stereocenters. The Morgan fingerprint density at radius 3 is 2.87 bits per heavy atom. The third kappa shape index (κ3) is 4.79. The van der Waals surface area contributed by atoms with Crippen molar-refractivity contribution in [2.45, 2.75) is 25.2 Å². The van der Waals surface area contributed by atoms with E-state index in [-0.39, 0.29) is 48.0 Å². The van der Waals surface area contributed by atoms with Crippen molar-refractivity contribution in [3.63, 3.8) is 0 Å². The van der Waals surface area contributed by atoms with E-state index in [0.29, 0.717) is 12.0 Å². The fraction of sp³-hybridized carbons (Fsp3) is 0.300. The van der Waals surface area contributed by atoms with Gasteiger partial charge in [0.25, 0.3) is 0 Å². The van der Waals surface area contributed by atoms with Gasteiger partial charge in [0.2, 0.25) is 5.82 Å². The molecule has 1 aliphatic rings. The number of halogens is 1. The normalized spacial score (nSPS) is 17.9. The first kappa shape index (κ1) is 20.7. The number of hydrogen-bond donors (Lipinski definition) is 0. The lowest BCUT2D eigenvalue weighted by Crippen LogP contribution is -2.23. The summed E-state index contributed by atoms with van der Waals surface area (Å²) in [6.07, 6.45) is 0.968. The third-order valence-corrected chi connectivity index (χ3v) is 4.84. The first-order valence-corrected chi connectivity index (χ1v) is 9.73. The average Bonchev–Trinajstić information content (AvgIpc) is 3.39. The van der Waals surface area contributed by atoms with Crippen molar-refractivity contribution in [1.82, 2.24) is 19.5 Å². The van der Waals surface area contributed by atoms with E-state index in [1.165, 1.54) is 10.9 Å². The molecule has 3 aromatic rings. The van der Waals surface area contributed by atoms with E-state index in [1.807, 2.05) is 12.1 Å². The van der Waals surface area contributed by atoms with Crippen molar-refractivity contribution in [2.75, 3.05) is 13.2 Å². The summed E-state index contributed by atoms with van der Waals surface area (Å²) in [4.78, 5) is 36.3. The summed E-state index contributed by atoms with van der Waals surface area (Å²) in [6.45, 7) is 0.107. The van der Waals surface area contributed by atoms with E-state index in [0.717, 1.165) is 0 Å². The van der Waals surface area contributed by atoms with Crippen LogP contribution in [0.2, 0.25) is 5.15 Å². The lowest BCUT2D eigenvalue weighted by molar-refractivity contribution is -0.149. The number of esters is 2. The maximum absolute atomic E-state index is 12.4. The predicted molar refractivity (Wildman–Crippen MR) is 106 cm³/mol. The predicted octanol–water partition coefficient (Wildman–Crippen LogP) is 1.91. The summed E-state index contributed by atoms with van der Waals surface area (Å²) in [5.41, 5.74) is 1.01. The minimum absolute atomic E-state index is 0.0331. The van der Waals surface area contributed by atoms with Crippen LogP contribution in [-0.4, -0.2) is 56.9 Å². The quantitative estimate of drug-likeness (QED) is 0.416. The number of fused-ring (bicyclic) bond motifs is 1. The molecule has 0 unspecified atom stereocenters. The fourth-order valence-electron chi connectivity index (χ4n) is 3.13. The van der Waals surface area contributed by atoms with Gasteiger partial charge in [-0.3, -0.25) is 4.79 Å². The minimum atomic E-state index is -0.525. The molecule has 1 saturated heterocycles. The number of nitrogens with zero attached hydrogens (tertiary/aromatic N) is 5. The minimum Gasteiger partial charge on any atom is -0.459 e. The van der Waals surface area contributed by atoms with E-state index < -0.39 is 18.0 Å². The van der Waals surface area contributed by atoms with Gasteiger partial charge in [-0.15, -0.1) is 0 Å². The molecule has 0 radical (unpaired) electrons. The van der Waals surface area contributed by atoms with Crippen LogP contribution in [0.4, 0.5) is 0 Å². The largest absolute Gasteiger partial charge is 0.459 e. The second-order valence-electron chi connectivity index (χ2n) is 6.76. The Morgan fingerprint density at radius 1 is 1.29 bits per heavy atom. The van der Waals surface area contributed by atoms with Gasteiger partial charge in [-0.2, -0.15) is 10.2 Å². The zero-order valence-corrected chi connectivity index (χ0v) is 16.9. The standard InChI is InChI=1S/C20H16ClN5O5/c21-18-17-19(25-15(7-22)24-18)26(11-23-17)8-16(27)31-14-6-13(29-10-14)9-30-20(28)12-4-2-1-3-5-12/h1-5,11,13-14H,6,8-10H2/t13-,14+/m0/s1. The Morgan fingerprint density at radius 2 is 2.10 bits per heavy atom. The first-order valence-electron chi connectivity index (χ1n) is 9.35. The molecule has 1 aromatic carbocycles. The van der Waals surface area contributed by atoms with Crippen molar-refractivity contribution in [2.24, 2.45) is 0 Å². The van der Waals surface area contributed by atoms with Crippen LogP contribution < -0.4 is 0 Å². The second-order valence-corrected chi connectivity index (χ2v) is 7.12. The van der Waals surface area contributed by atoms with Crippen LogP contribution in [0.3, 0.4) is 0 Å². The van der Waals surface area contributed by atoms with E-state index in [4.69, 9.17) is 31.1 Å². The summed E-state index contributed by atoms with van der Waals surface area (Å²) in [6, 6.07) is 10.5. The van der Waals surface area contributed by atoms with Crippen LogP contribution in [0, 0.1) is 11.3 Å². The topological polar surface area (TPSA) is 129 Å². The van der Waals surface area contributed by atoms with Gasteiger partial charge in [-0.25, -0.2) is 14.8 Å². The zero-order chi connectivity index (χ0) is 21.8. The van der Waals surface area contributed by atoms with Gasteiger partial charge < -0.3 is 18.8 Å². The van der Waals surface area contributed by atoms with Crippen molar-refractivity contribution < 1.29 is 23.8 Å². The van der Waals surface area contributed by atoms with Crippen molar-refractivity contribution in [3.8, 4) is 6.07 Å². The highest BCUT2D eigenvalue weighted by Crippen LogP contribution is 2.20. The number of carbonyl (C=O) groups is 2. The van der Waals surface area contributed by atoms with E-state index in [1.54, 1.807) is 24.3 Å². The van der Waals surface area contributed by atoms with Crippen LogP contribution in [0.15, 0.2) is 36.7 Å². The molecule has 4 rings (SSSR count). The highest BCUT2D eigenvalue weighted by atomic mass is 35.5. The van der Waals surface area contributed by atoms with Crippen molar-refractivity contribution in [3.05, 3.63) is 53.2 Å². The monoisotopic (exact) mass is 441 g/mol. The molecule has 0 N–H and O–H groups in total. The average molecular weight is 442 g/mol. The Labute approximate surface area is 181 Å². The molecule has 0 aliphatic carbocycles. The molecular formula is C20H16ClN5O5. The summed E-state index contributed by atoms with van der Waals surface area (Å²) >= 11 is 5.99. The van der Waals surface area contributed by atoms with Gasteiger partial charge in [0.1, 0.15) is 30.8 Å². The van der Waals surface area contributed by atoms with E-state index in [2.05, 4.69) is 15.0 Å². The lowest BCUT2D eigenvalue weighted by atomic mass is 10.2.